The Morgan fingerprint density at radius 2 is 1.09 bits per heavy atom. The van der Waals surface area contributed by atoms with E-state index in [2.05, 4.69) is 9.57 Å². The molecule has 0 aliphatic carbocycles. The second kappa shape index (κ2) is 4.71. The number of nitrogens with zero attached hydrogens (tertiary/aromatic N) is 1. The maximum atomic E-state index is 12.3. The molecule has 0 atom stereocenters. The van der Waals surface area contributed by atoms with Crippen LogP contribution in [0.25, 0.3) is 0 Å². The smallest absolute Gasteiger partial charge is 0.419 e. The fourth-order valence-corrected chi connectivity index (χ4v) is 1.25. The van der Waals surface area contributed by atoms with Crippen molar-refractivity contribution in [3.63, 3.8) is 0 Å². The predicted molar refractivity (Wildman–Crippen MR) is 40.0 cm³/mol. The van der Waals surface area contributed by atoms with E-state index < -0.39 is 42.3 Å². The highest BCUT2D eigenvalue weighted by Gasteiger charge is 2.81. The summed E-state index contributed by atoms with van der Waals surface area (Å²) < 4.78 is 150. The quantitative estimate of drug-likeness (QED) is 0.665. The normalized spacial score (nSPS) is 19.8. The lowest BCUT2D eigenvalue weighted by atomic mass is 10.1. The predicted octanol–water partition coefficient (Wildman–Crippen LogP) is 3.91. The molecule has 0 N–H and O–H groups in total. The molecule has 0 radical (unpaired) electrons. The fraction of sp³-hybridized carbons (Fsp3) is 0.857. The van der Waals surface area contributed by atoms with Gasteiger partial charge in [0.2, 0.25) is 5.92 Å². The highest BCUT2D eigenvalue weighted by atomic mass is 19.4. The van der Waals surface area contributed by atoms with Gasteiger partial charge in [-0.25, -0.2) is 0 Å². The van der Waals surface area contributed by atoms with Gasteiger partial charge in [-0.05, 0) is 5.16 Å². The summed E-state index contributed by atoms with van der Waals surface area (Å²) in [6.07, 6.45) is -25.7. The number of oxime groups is 1. The van der Waals surface area contributed by atoms with Crippen molar-refractivity contribution >= 4 is 5.90 Å². The van der Waals surface area contributed by atoms with Crippen molar-refractivity contribution in [1.82, 2.24) is 0 Å². The minimum Gasteiger partial charge on any atom is -0.419 e. The van der Waals surface area contributed by atoms with Crippen molar-refractivity contribution in [1.29, 1.82) is 0 Å². The summed E-state index contributed by atoms with van der Waals surface area (Å²) in [4.78, 5) is 2.77. The number of hydrogen-bond acceptors (Lipinski definition) is 3. The van der Waals surface area contributed by atoms with Gasteiger partial charge >= 0.3 is 30.5 Å². The lowest BCUT2D eigenvalue weighted by Crippen LogP contribution is -2.59. The van der Waals surface area contributed by atoms with Gasteiger partial charge in [-0.1, -0.05) is 0 Å². The van der Waals surface area contributed by atoms with Gasteiger partial charge in [-0.15, -0.1) is 0 Å². The third-order valence-electron chi connectivity index (χ3n) is 2.16. The highest BCUT2D eigenvalue weighted by molar-refractivity contribution is 5.81. The highest BCUT2D eigenvalue weighted by Crippen LogP contribution is 2.52. The lowest BCUT2D eigenvalue weighted by molar-refractivity contribution is -0.440. The average molecular weight is 359 g/mol. The van der Waals surface area contributed by atoms with Gasteiger partial charge in [0.15, 0.2) is 0 Å². The van der Waals surface area contributed by atoms with E-state index in [0.717, 1.165) is 0 Å². The minimum atomic E-state index is -6.54. The molecule has 0 spiro atoms. The molecule has 0 bridgehead atoms. The summed E-state index contributed by atoms with van der Waals surface area (Å²) in [5.41, 5.74) is 0. The van der Waals surface area contributed by atoms with E-state index in [0.29, 0.717) is 0 Å². The van der Waals surface area contributed by atoms with Gasteiger partial charge in [0.25, 0.3) is 5.90 Å². The largest absolute Gasteiger partial charge is 0.480 e. The second-order valence-electron chi connectivity index (χ2n) is 3.75. The third kappa shape index (κ3) is 2.97. The standard InChI is InChI=1S/C7HF12NO2/c8-3(9,10)1(4(11,12)13)2-20-22-5(21-2,6(14,15)16)7(17,18)19/h1H. The Balaban J connectivity index is 3.29. The molecule has 0 aromatic rings. The summed E-state index contributed by atoms with van der Waals surface area (Å²) in [7, 11) is 0. The zero-order valence-electron chi connectivity index (χ0n) is 9.38. The van der Waals surface area contributed by atoms with E-state index in [1.54, 1.807) is 5.16 Å². The van der Waals surface area contributed by atoms with Crippen LogP contribution >= 0.6 is 0 Å². The summed E-state index contributed by atoms with van der Waals surface area (Å²) >= 11 is 0. The van der Waals surface area contributed by atoms with Crippen LogP contribution in [0.5, 0.6) is 0 Å². The van der Waals surface area contributed by atoms with E-state index in [1.165, 1.54) is 0 Å². The van der Waals surface area contributed by atoms with E-state index in [4.69, 9.17) is 0 Å². The van der Waals surface area contributed by atoms with Crippen LogP contribution in [0.1, 0.15) is 0 Å². The molecule has 130 valence electrons. The molecule has 22 heavy (non-hydrogen) atoms. The first-order chi connectivity index (χ1) is 9.43. The van der Waals surface area contributed by atoms with Crippen LogP contribution in [-0.2, 0) is 9.57 Å². The Morgan fingerprint density at radius 3 is 1.32 bits per heavy atom. The number of hydrogen-bond donors (Lipinski definition) is 0. The topological polar surface area (TPSA) is 30.8 Å². The van der Waals surface area contributed by atoms with Crippen molar-refractivity contribution in [3.8, 4) is 0 Å². The number of ether oxygens (including phenoxy) is 1. The van der Waals surface area contributed by atoms with Crippen LogP contribution in [-0.4, -0.2) is 36.4 Å². The molecule has 1 rings (SSSR count). The molecular formula is C7HF12NO2. The number of alkyl halides is 12. The van der Waals surface area contributed by atoms with Crippen molar-refractivity contribution in [2.24, 2.45) is 11.1 Å². The minimum absolute atomic E-state index is 1.57. The molecule has 0 saturated heterocycles. The molecule has 0 amide bonds. The van der Waals surface area contributed by atoms with Crippen molar-refractivity contribution in [3.05, 3.63) is 0 Å². The van der Waals surface area contributed by atoms with Crippen LogP contribution in [0.15, 0.2) is 5.16 Å². The van der Waals surface area contributed by atoms with E-state index in [9.17, 15) is 52.7 Å². The summed E-state index contributed by atoms with van der Waals surface area (Å²) in [5.74, 6) is -13.5. The molecular weight excluding hydrogens is 358 g/mol. The lowest BCUT2D eigenvalue weighted by Gasteiger charge is -2.30. The first kappa shape index (κ1) is 18.5. The van der Waals surface area contributed by atoms with Crippen LogP contribution in [0.4, 0.5) is 52.7 Å². The van der Waals surface area contributed by atoms with Crippen molar-refractivity contribution < 1.29 is 62.3 Å². The summed E-state index contributed by atoms with van der Waals surface area (Å²) in [6, 6.07) is 0. The molecule has 0 unspecified atom stereocenters. The van der Waals surface area contributed by atoms with Crippen molar-refractivity contribution in [2.75, 3.05) is 0 Å². The van der Waals surface area contributed by atoms with E-state index in [1.807, 2.05) is 0 Å². The number of rotatable bonds is 1. The monoisotopic (exact) mass is 359 g/mol. The Hall–Kier alpha value is -1.57. The second-order valence-corrected chi connectivity index (χ2v) is 3.75. The molecule has 0 aromatic heterocycles. The molecule has 1 aliphatic rings. The average Bonchev–Trinajstić information content (AvgIpc) is 2.55. The number of halogens is 12. The van der Waals surface area contributed by atoms with Gasteiger partial charge in [0, 0.05) is 0 Å². The molecule has 15 heteroatoms. The van der Waals surface area contributed by atoms with Gasteiger partial charge in [0.05, 0.1) is 0 Å². The van der Waals surface area contributed by atoms with Crippen LogP contribution < -0.4 is 0 Å². The van der Waals surface area contributed by atoms with Crippen LogP contribution in [0.2, 0.25) is 0 Å². The molecule has 3 nitrogen and oxygen atoms in total. The molecule has 1 aliphatic heterocycles. The maximum Gasteiger partial charge on any atom is 0.480 e. The third-order valence-corrected chi connectivity index (χ3v) is 2.16. The molecule has 0 saturated carbocycles. The summed E-state index contributed by atoms with van der Waals surface area (Å²) in [5, 5.41) is 1.57. The van der Waals surface area contributed by atoms with Crippen LogP contribution in [0.3, 0.4) is 0 Å². The van der Waals surface area contributed by atoms with Gasteiger partial charge in [-0.2, -0.15) is 52.7 Å². The first-order valence-electron chi connectivity index (χ1n) is 4.65. The zero-order chi connectivity index (χ0) is 17.8. The Bertz CT molecular complexity index is 426. The first-order valence-corrected chi connectivity index (χ1v) is 4.65. The van der Waals surface area contributed by atoms with E-state index >= 15 is 0 Å². The van der Waals surface area contributed by atoms with Crippen molar-refractivity contribution in [2.45, 2.75) is 30.5 Å². The van der Waals surface area contributed by atoms with Gasteiger partial charge in [-0.3, -0.25) is 0 Å². The fourth-order valence-electron chi connectivity index (χ4n) is 1.25. The van der Waals surface area contributed by atoms with Crippen LogP contribution in [0, 0.1) is 5.92 Å². The molecule has 0 fully saturated rings. The van der Waals surface area contributed by atoms with Gasteiger partial charge < -0.3 is 9.57 Å². The zero-order valence-corrected chi connectivity index (χ0v) is 9.38. The summed E-state index contributed by atoms with van der Waals surface area (Å²) in [6.45, 7) is 0. The Kier molecular flexibility index (Phi) is 3.96. The molecule has 1 heterocycles. The Morgan fingerprint density at radius 1 is 0.727 bits per heavy atom. The van der Waals surface area contributed by atoms with Gasteiger partial charge in [0.1, 0.15) is 0 Å². The molecule has 0 aromatic carbocycles. The maximum absolute atomic E-state index is 12.3. The van der Waals surface area contributed by atoms with E-state index in [-0.39, 0.29) is 0 Å². The Labute approximate surface area is 111 Å². The SMILES string of the molecule is FC(F)(F)C(C1=NOC(C(F)(F)F)(C(F)(F)F)O1)C(F)(F)F.